The molecule has 1 fully saturated rings. The van der Waals surface area contributed by atoms with Crippen molar-refractivity contribution in [3.8, 4) is 16.9 Å². The van der Waals surface area contributed by atoms with Gasteiger partial charge in [0.05, 0.1) is 29.3 Å². The van der Waals surface area contributed by atoms with Gasteiger partial charge in [0.2, 0.25) is 5.95 Å². The van der Waals surface area contributed by atoms with Gasteiger partial charge in [0, 0.05) is 18.7 Å². The number of aromatic nitrogens is 4. The number of piperidine rings is 1. The number of nitrogen functional groups attached to an aromatic ring is 1. The van der Waals surface area contributed by atoms with E-state index < -0.39 is 17.5 Å². The third kappa shape index (κ3) is 4.21. The van der Waals surface area contributed by atoms with Gasteiger partial charge in [-0.3, -0.25) is 4.79 Å². The first-order valence-corrected chi connectivity index (χ1v) is 11.6. The van der Waals surface area contributed by atoms with Crippen molar-refractivity contribution in [2.45, 2.75) is 19.8 Å². The second-order valence-corrected chi connectivity index (χ2v) is 8.46. The highest BCUT2D eigenvalue weighted by molar-refractivity contribution is 5.99. The first-order valence-electron chi connectivity index (χ1n) is 11.6. The van der Waals surface area contributed by atoms with Crippen LogP contribution in [-0.4, -0.2) is 45.4 Å². The molecule has 4 aromatic rings. The molecule has 5 rings (SSSR count). The van der Waals surface area contributed by atoms with E-state index in [2.05, 4.69) is 15.1 Å². The fourth-order valence-corrected chi connectivity index (χ4v) is 4.40. The lowest BCUT2D eigenvalue weighted by Gasteiger charge is -2.31. The zero-order valence-corrected chi connectivity index (χ0v) is 19.4. The van der Waals surface area contributed by atoms with Gasteiger partial charge in [0.25, 0.3) is 0 Å². The second-order valence-electron chi connectivity index (χ2n) is 8.46. The van der Waals surface area contributed by atoms with Crippen LogP contribution in [0.1, 0.15) is 19.8 Å². The minimum atomic E-state index is -1.08. The average molecular weight is 496 g/mol. The summed E-state index contributed by atoms with van der Waals surface area (Å²) in [6, 6.07) is 9.44. The van der Waals surface area contributed by atoms with Gasteiger partial charge in [-0.2, -0.15) is 4.98 Å². The number of hydrogen-bond donors (Lipinski definition) is 1. The number of hydrogen-bond acceptors (Lipinski definition) is 7. The van der Waals surface area contributed by atoms with Crippen molar-refractivity contribution in [1.29, 1.82) is 0 Å². The lowest BCUT2D eigenvalue weighted by Crippen LogP contribution is -2.38. The monoisotopic (exact) mass is 496 g/mol. The van der Waals surface area contributed by atoms with Crippen LogP contribution < -0.4 is 10.6 Å². The molecule has 0 unspecified atom stereocenters. The van der Waals surface area contributed by atoms with Crippen LogP contribution in [0.3, 0.4) is 0 Å². The average Bonchev–Trinajstić information content (AvgIpc) is 3.22. The molecule has 0 amide bonds. The van der Waals surface area contributed by atoms with Crippen LogP contribution >= 0.6 is 0 Å². The first-order chi connectivity index (χ1) is 17.4. The molecule has 1 aliphatic heterocycles. The van der Waals surface area contributed by atoms with Gasteiger partial charge in [0.1, 0.15) is 11.6 Å². The van der Waals surface area contributed by atoms with Crippen molar-refractivity contribution in [2.75, 3.05) is 30.3 Å². The fraction of sp³-hybridized carbons (Fsp3) is 0.280. The molecule has 2 aromatic carbocycles. The standard InChI is InChI=1S/C25H23F3N6O2/c1-2-36-24(35)14-9-11-33(12-10-14)25-30-21(17-7-4-8-18(27)20(17)28)19-22(29)34(32-23(19)31-25)16-6-3-5-15(26)13-16/h3-8,13-14H,2,9-12,29H2,1H3. The third-order valence-corrected chi connectivity index (χ3v) is 6.21. The van der Waals surface area contributed by atoms with Crippen molar-refractivity contribution in [2.24, 2.45) is 5.92 Å². The number of benzene rings is 2. The number of nitrogens with two attached hydrogens (primary N) is 1. The number of ether oxygens (including phenoxy) is 1. The smallest absolute Gasteiger partial charge is 0.309 e. The quantitative estimate of drug-likeness (QED) is 0.412. The highest BCUT2D eigenvalue weighted by Gasteiger charge is 2.29. The molecule has 8 nitrogen and oxygen atoms in total. The SMILES string of the molecule is CCOC(=O)C1CCN(c2nc(-c3cccc(F)c3F)c3c(N)n(-c4cccc(F)c4)nc3n2)CC1. The lowest BCUT2D eigenvalue weighted by molar-refractivity contribution is -0.148. The van der Waals surface area contributed by atoms with E-state index in [0.29, 0.717) is 38.2 Å². The van der Waals surface area contributed by atoms with Gasteiger partial charge in [-0.1, -0.05) is 12.1 Å². The van der Waals surface area contributed by atoms with Crippen molar-refractivity contribution in [3.63, 3.8) is 0 Å². The molecule has 0 atom stereocenters. The summed E-state index contributed by atoms with van der Waals surface area (Å²) < 4.78 is 49.4. The molecule has 186 valence electrons. The number of esters is 1. The molecule has 0 radical (unpaired) electrons. The Morgan fingerprint density at radius 1 is 1.11 bits per heavy atom. The number of carbonyl (C=O) groups is 1. The number of anilines is 2. The van der Waals surface area contributed by atoms with E-state index in [0.717, 1.165) is 6.07 Å². The summed E-state index contributed by atoms with van der Waals surface area (Å²) in [6.07, 6.45) is 1.06. The van der Waals surface area contributed by atoms with Crippen molar-refractivity contribution in [3.05, 3.63) is 59.9 Å². The Hall–Kier alpha value is -4.15. The second kappa shape index (κ2) is 9.48. The summed E-state index contributed by atoms with van der Waals surface area (Å²) in [6.45, 7) is 2.99. The normalized spacial score (nSPS) is 14.4. The van der Waals surface area contributed by atoms with E-state index >= 15 is 0 Å². The van der Waals surface area contributed by atoms with Gasteiger partial charge < -0.3 is 15.4 Å². The minimum absolute atomic E-state index is 0.0573. The molecule has 0 spiro atoms. The molecule has 0 bridgehead atoms. The highest BCUT2D eigenvalue weighted by atomic mass is 19.2. The molecule has 0 saturated carbocycles. The predicted octanol–water partition coefficient (Wildman–Crippen LogP) is 4.26. The molecule has 11 heteroatoms. The Bertz CT molecular complexity index is 1450. The third-order valence-electron chi connectivity index (χ3n) is 6.21. The summed E-state index contributed by atoms with van der Waals surface area (Å²) in [7, 11) is 0. The minimum Gasteiger partial charge on any atom is -0.466 e. The van der Waals surface area contributed by atoms with E-state index in [1.165, 1.54) is 35.0 Å². The Morgan fingerprint density at radius 2 is 1.86 bits per heavy atom. The van der Waals surface area contributed by atoms with Gasteiger partial charge >= 0.3 is 5.97 Å². The number of rotatable bonds is 5. The van der Waals surface area contributed by atoms with Crippen LogP contribution in [0.25, 0.3) is 28.0 Å². The summed E-state index contributed by atoms with van der Waals surface area (Å²) in [4.78, 5) is 23.1. The van der Waals surface area contributed by atoms with E-state index in [1.54, 1.807) is 13.0 Å². The fourth-order valence-electron chi connectivity index (χ4n) is 4.40. The van der Waals surface area contributed by atoms with Crippen LogP contribution in [0.15, 0.2) is 42.5 Å². The van der Waals surface area contributed by atoms with Crippen LogP contribution in [0.5, 0.6) is 0 Å². The molecular weight excluding hydrogens is 473 g/mol. The van der Waals surface area contributed by atoms with E-state index in [1.807, 2.05) is 4.90 Å². The molecular formula is C25H23F3N6O2. The number of nitrogens with zero attached hydrogens (tertiary/aromatic N) is 5. The summed E-state index contributed by atoms with van der Waals surface area (Å²) >= 11 is 0. The zero-order valence-electron chi connectivity index (χ0n) is 19.4. The Balaban J connectivity index is 1.62. The predicted molar refractivity (Wildman–Crippen MR) is 128 cm³/mol. The summed E-state index contributed by atoms with van der Waals surface area (Å²) in [5.41, 5.74) is 6.83. The Morgan fingerprint density at radius 3 is 2.58 bits per heavy atom. The van der Waals surface area contributed by atoms with E-state index in [-0.39, 0.29) is 45.9 Å². The maximum Gasteiger partial charge on any atom is 0.309 e. The largest absolute Gasteiger partial charge is 0.466 e. The molecule has 3 heterocycles. The van der Waals surface area contributed by atoms with E-state index in [9.17, 15) is 18.0 Å². The van der Waals surface area contributed by atoms with Gasteiger partial charge in [-0.05, 0) is 50.1 Å². The maximum absolute atomic E-state index is 14.9. The molecule has 2 aromatic heterocycles. The molecule has 0 aliphatic carbocycles. The number of halogens is 3. The van der Waals surface area contributed by atoms with Gasteiger partial charge in [-0.15, -0.1) is 5.10 Å². The zero-order chi connectivity index (χ0) is 25.4. The van der Waals surface area contributed by atoms with Gasteiger partial charge in [-0.25, -0.2) is 22.8 Å². The van der Waals surface area contributed by atoms with Crippen LogP contribution in [-0.2, 0) is 9.53 Å². The number of carbonyl (C=O) groups excluding carboxylic acids is 1. The Labute approximate surface area is 204 Å². The maximum atomic E-state index is 14.9. The Kier molecular flexibility index (Phi) is 6.21. The van der Waals surface area contributed by atoms with Gasteiger partial charge in [0.15, 0.2) is 17.3 Å². The van der Waals surface area contributed by atoms with E-state index in [4.69, 9.17) is 10.5 Å². The molecule has 1 saturated heterocycles. The van der Waals surface area contributed by atoms with Crippen molar-refractivity contribution >= 4 is 28.8 Å². The molecule has 36 heavy (non-hydrogen) atoms. The van der Waals surface area contributed by atoms with Crippen LogP contribution in [0.2, 0.25) is 0 Å². The topological polar surface area (TPSA) is 99.2 Å². The van der Waals surface area contributed by atoms with Crippen molar-refractivity contribution in [1.82, 2.24) is 19.7 Å². The van der Waals surface area contributed by atoms with Crippen LogP contribution in [0, 0.1) is 23.4 Å². The highest BCUT2D eigenvalue weighted by Crippen LogP contribution is 2.36. The molecule has 2 N–H and O–H groups in total. The summed E-state index contributed by atoms with van der Waals surface area (Å²) in [5.74, 6) is -2.77. The van der Waals surface area contributed by atoms with Crippen LogP contribution in [0.4, 0.5) is 24.9 Å². The lowest BCUT2D eigenvalue weighted by atomic mass is 9.97. The summed E-state index contributed by atoms with van der Waals surface area (Å²) in [5, 5.41) is 4.66. The van der Waals surface area contributed by atoms with Crippen molar-refractivity contribution < 1.29 is 22.7 Å². The number of fused-ring (bicyclic) bond motifs is 1. The first kappa shape index (κ1) is 23.6. The molecule has 1 aliphatic rings.